The predicted octanol–water partition coefficient (Wildman–Crippen LogP) is 4.56. The van der Waals surface area contributed by atoms with E-state index in [9.17, 15) is 4.79 Å². The molecule has 0 aliphatic rings. The Bertz CT molecular complexity index is 635. The molecular formula is C15H13BrO3. The molecule has 0 aromatic heterocycles. The lowest BCUT2D eigenvalue weighted by Crippen LogP contribution is -1.96. The highest BCUT2D eigenvalue weighted by Gasteiger charge is 2.08. The number of carbonyl (C=O) groups is 1. The summed E-state index contributed by atoms with van der Waals surface area (Å²) in [5.41, 5.74) is 2.57. The number of halogens is 1. The molecule has 0 aliphatic heterocycles. The fraction of sp³-hybridized carbons (Fsp3) is 0.133. The van der Waals surface area contributed by atoms with Crippen LogP contribution >= 0.6 is 15.9 Å². The van der Waals surface area contributed by atoms with Gasteiger partial charge in [0, 0.05) is 0 Å². The maximum Gasteiger partial charge on any atom is 0.335 e. The maximum atomic E-state index is 10.8. The highest BCUT2D eigenvalue weighted by molar-refractivity contribution is 9.10. The molecule has 0 atom stereocenters. The number of hydrogen-bond acceptors (Lipinski definition) is 2. The quantitative estimate of drug-likeness (QED) is 0.902. The Kier molecular flexibility index (Phi) is 3.90. The molecular weight excluding hydrogens is 308 g/mol. The molecule has 0 heterocycles. The molecule has 0 radical (unpaired) electrons. The lowest BCUT2D eigenvalue weighted by molar-refractivity contribution is 0.0697. The number of hydrogen-bond donors (Lipinski definition) is 1. The van der Waals surface area contributed by atoms with Crippen molar-refractivity contribution in [1.82, 2.24) is 0 Å². The Morgan fingerprint density at radius 3 is 2.42 bits per heavy atom. The van der Waals surface area contributed by atoms with Crippen LogP contribution < -0.4 is 4.74 Å². The monoisotopic (exact) mass is 320 g/mol. The van der Waals surface area contributed by atoms with Crippen molar-refractivity contribution in [1.29, 1.82) is 0 Å². The first-order valence-corrected chi connectivity index (χ1v) is 6.54. The van der Waals surface area contributed by atoms with E-state index >= 15 is 0 Å². The molecule has 19 heavy (non-hydrogen) atoms. The van der Waals surface area contributed by atoms with E-state index in [1.54, 1.807) is 6.07 Å². The van der Waals surface area contributed by atoms with Crippen molar-refractivity contribution in [3.05, 3.63) is 57.6 Å². The van der Waals surface area contributed by atoms with Crippen molar-refractivity contribution in [2.75, 3.05) is 0 Å². The standard InChI is InChI=1S/C15H13BrO3/c1-9-3-5-12(7-10(9)2)19-14-6-4-11(15(17)18)8-13(14)16/h3-8H,1-2H3,(H,17,18). The minimum Gasteiger partial charge on any atom is -0.478 e. The molecule has 0 aliphatic carbocycles. The molecule has 2 rings (SSSR count). The third-order valence-corrected chi connectivity index (χ3v) is 3.50. The van der Waals surface area contributed by atoms with Crippen molar-refractivity contribution < 1.29 is 14.6 Å². The van der Waals surface area contributed by atoms with Crippen LogP contribution in [0.5, 0.6) is 11.5 Å². The van der Waals surface area contributed by atoms with Gasteiger partial charge in [-0.25, -0.2) is 4.79 Å². The lowest BCUT2D eigenvalue weighted by atomic mass is 10.1. The summed E-state index contributed by atoms with van der Waals surface area (Å²) in [4.78, 5) is 10.8. The third-order valence-electron chi connectivity index (χ3n) is 2.89. The van der Waals surface area contributed by atoms with Crippen LogP contribution in [0.15, 0.2) is 40.9 Å². The molecule has 98 valence electrons. The molecule has 0 unspecified atom stereocenters. The van der Waals surface area contributed by atoms with E-state index in [4.69, 9.17) is 9.84 Å². The zero-order valence-electron chi connectivity index (χ0n) is 10.6. The summed E-state index contributed by atoms with van der Waals surface area (Å²) < 4.78 is 6.36. The van der Waals surface area contributed by atoms with Crippen LogP contribution in [0.25, 0.3) is 0 Å². The summed E-state index contributed by atoms with van der Waals surface area (Å²) in [7, 11) is 0. The van der Waals surface area contributed by atoms with Gasteiger partial charge in [-0.15, -0.1) is 0 Å². The second kappa shape index (κ2) is 5.45. The fourth-order valence-electron chi connectivity index (χ4n) is 1.62. The zero-order chi connectivity index (χ0) is 14.0. The second-order valence-electron chi connectivity index (χ2n) is 4.30. The van der Waals surface area contributed by atoms with E-state index in [1.807, 2.05) is 32.0 Å². The first-order chi connectivity index (χ1) is 8.97. The molecule has 0 saturated heterocycles. The summed E-state index contributed by atoms with van der Waals surface area (Å²) in [5.74, 6) is 0.360. The first kappa shape index (κ1) is 13.6. The molecule has 1 N–H and O–H groups in total. The number of aromatic carboxylic acids is 1. The van der Waals surface area contributed by atoms with Gasteiger partial charge in [0.1, 0.15) is 11.5 Å². The van der Waals surface area contributed by atoms with Gasteiger partial charge in [-0.1, -0.05) is 6.07 Å². The minimum atomic E-state index is -0.960. The van der Waals surface area contributed by atoms with Gasteiger partial charge in [-0.3, -0.25) is 0 Å². The van der Waals surface area contributed by atoms with Gasteiger partial charge in [-0.05, 0) is 71.2 Å². The maximum absolute atomic E-state index is 10.8. The number of carboxylic acids is 1. The SMILES string of the molecule is Cc1ccc(Oc2ccc(C(=O)O)cc2Br)cc1C. The second-order valence-corrected chi connectivity index (χ2v) is 5.15. The Labute approximate surface area is 120 Å². The van der Waals surface area contributed by atoms with Crippen LogP contribution in [0.4, 0.5) is 0 Å². The van der Waals surface area contributed by atoms with Crippen molar-refractivity contribution >= 4 is 21.9 Å². The van der Waals surface area contributed by atoms with Crippen LogP contribution in [-0.2, 0) is 0 Å². The van der Waals surface area contributed by atoms with Gasteiger partial charge < -0.3 is 9.84 Å². The Morgan fingerprint density at radius 2 is 1.84 bits per heavy atom. The van der Waals surface area contributed by atoms with E-state index in [2.05, 4.69) is 15.9 Å². The van der Waals surface area contributed by atoms with Crippen LogP contribution in [0.1, 0.15) is 21.5 Å². The summed E-state index contributed by atoms with van der Waals surface area (Å²) in [6.45, 7) is 4.06. The van der Waals surface area contributed by atoms with Crippen LogP contribution in [0.3, 0.4) is 0 Å². The van der Waals surface area contributed by atoms with Gasteiger partial charge in [-0.2, -0.15) is 0 Å². The molecule has 0 saturated carbocycles. The van der Waals surface area contributed by atoms with E-state index in [-0.39, 0.29) is 5.56 Å². The number of carboxylic acid groups (broad SMARTS) is 1. The molecule has 2 aromatic rings. The predicted molar refractivity (Wildman–Crippen MR) is 77.1 cm³/mol. The Morgan fingerprint density at radius 1 is 1.11 bits per heavy atom. The Hall–Kier alpha value is -1.81. The summed E-state index contributed by atoms with van der Waals surface area (Å²) in [6, 6.07) is 10.5. The molecule has 4 heteroatoms. The number of ether oxygens (including phenoxy) is 1. The Balaban J connectivity index is 2.28. The van der Waals surface area contributed by atoms with Gasteiger partial charge in [0.05, 0.1) is 10.0 Å². The molecule has 0 amide bonds. The van der Waals surface area contributed by atoms with E-state index in [0.717, 1.165) is 11.3 Å². The van der Waals surface area contributed by atoms with Crippen molar-refractivity contribution in [2.24, 2.45) is 0 Å². The van der Waals surface area contributed by atoms with Crippen molar-refractivity contribution in [3.8, 4) is 11.5 Å². The summed E-state index contributed by atoms with van der Waals surface area (Å²) >= 11 is 3.32. The molecule has 0 fully saturated rings. The molecule has 0 spiro atoms. The number of aryl methyl sites for hydroxylation is 2. The third kappa shape index (κ3) is 3.15. The van der Waals surface area contributed by atoms with Crippen molar-refractivity contribution in [2.45, 2.75) is 13.8 Å². The van der Waals surface area contributed by atoms with Gasteiger partial charge in [0.25, 0.3) is 0 Å². The summed E-state index contributed by atoms with van der Waals surface area (Å²) in [6.07, 6.45) is 0. The molecule has 2 aromatic carbocycles. The highest BCUT2D eigenvalue weighted by Crippen LogP contribution is 2.31. The molecule has 0 bridgehead atoms. The first-order valence-electron chi connectivity index (χ1n) is 5.75. The largest absolute Gasteiger partial charge is 0.478 e. The fourth-order valence-corrected chi connectivity index (χ4v) is 2.08. The smallest absolute Gasteiger partial charge is 0.335 e. The highest BCUT2D eigenvalue weighted by atomic mass is 79.9. The van der Waals surface area contributed by atoms with Gasteiger partial charge >= 0.3 is 5.97 Å². The zero-order valence-corrected chi connectivity index (χ0v) is 12.2. The minimum absolute atomic E-state index is 0.222. The van der Waals surface area contributed by atoms with Crippen LogP contribution in [-0.4, -0.2) is 11.1 Å². The van der Waals surface area contributed by atoms with Gasteiger partial charge in [0.15, 0.2) is 0 Å². The lowest BCUT2D eigenvalue weighted by Gasteiger charge is -2.10. The molecule has 3 nitrogen and oxygen atoms in total. The van der Waals surface area contributed by atoms with E-state index in [0.29, 0.717) is 10.2 Å². The topological polar surface area (TPSA) is 46.5 Å². The summed E-state index contributed by atoms with van der Waals surface area (Å²) in [5, 5.41) is 8.90. The number of benzene rings is 2. The van der Waals surface area contributed by atoms with Crippen LogP contribution in [0.2, 0.25) is 0 Å². The average molecular weight is 321 g/mol. The van der Waals surface area contributed by atoms with Gasteiger partial charge in [0.2, 0.25) is 0 Å². The average Bonchev–Trinajstić information content (AvgIpc) is 2.36. The normalized spacial score (nSPS) is 10.3. The number of rotatable bonds is 3. The van der Waals surface area contributed by atoms with Crippen molar-refractivity contribution in [3.63, 3.8) is 0 Å². The van der Waals surface area contributed by atoms with Crippen LogP contribution in [0, 0.1) is 13.8 Å². The van der Waals surface area contributed by atoms with E-state index in [1.165, 1.54) is 17.7 Å². The van der Waals surface area contributed by atoms with E-state index < -0.39 is 5.97 Å².